The Labute approximate surface area is 200 Å². The Morgan fingerprint density at radius 2 is 1.74 bits per heavy atom. The number of thioether (sulfide) groups is 1. The maximum absolute atomic E-state index is 13.2. The first-order valence-electron chi connectivity index (χ1n) is 9.39. The fourth-order valence-electron chi connectivity index (χ4n) is 3.11. The second-order valence-corrected chi connectivity index (χ2v) is 9.60. The number of nitrogens with one attached hydrogen (secondary N) is 1. The Morgan fingerprint density at radius 3 is 2.48 bits per heavy atom. The Kier molecular flexibility index (Phi) is 6.60. The maximum atomic E-state index is 13.2. The number of hydrogen-bond acceptors (Lipinski definition) is 4. The molecule has 0 saturated heterocycles. The highest BCUT2D eigenvalue weighted by Crippen LogP contribution is 2.24. The van der Waals surface area contributed by atoms with Gasteiger partial charge < -0.3 is 5.32 Å². The van der Waals surface area contributed by atoms with Crippen LogP contribution in [0, 0.1) is 6.92 Å². The van der Waals surface area contributed by atoms with Gasteiger partial charge in [-0.2, -0.15) is 0 Å². The van der Waals surface area contributed by atoms with E-state index in [2.05, 4.69) is 42.2 Å². The van der Waals surface area contributed by atoms with E-state index < -0.39 is 0 Å². The van der Waals surface area contributed by atoms with Crippen molar-refractivity contribution in [2.24, 2.45) is 0 Å². The minimum absolute atomic E-state index is 0.122. The third kappa shape index (κ3) is 4.92. The van der Waals surface area contributed by atoms with E-state index in [0.29, 0.717) is 21.7 Å². The van der Waals surface area contributed by atoms with Crippen LogP contribution < -0.4 is 10.9 Å². The van der Waals surface area contributed by atoms with Gasteiger partial charge in [-0.25, -0.2) is 4.98 Å². The molecule has 0 fully saturated rings. The topological polar surface area (TPSA) is 64.0 Å². The molecule has 31 heavy (non-hydrogen) atoms. The summed E-state index contributed by atoms with van der Waals surface area (Å²) in [5.41, 5.74) is 2.85. The van der Waals surface area contributed by atoms with E-state index in [1.54, 1.807) is 16.7 Å². The van der Waals surface area contributed by atoms with Crippen molar-refractivity contribution in [1.29, 1.82) is 0 Å². The standard InChI is InChI=1S/C23H17Br2N3O2S/c1-14-12-16(25)8-11-19(14)26-21(29)13-31-23-27-20-5-3-2-4-18(20)22(30)28(23)17-9-6-15(24)7-10-17/h2-12H,13H2,1H3,(H,26,29). The molecule has 1 heterocycles. The number of rotatable bonds is 5. The highest BCUT2D eigenvalue weighted by molar-refractivity contribution is 9.10. The third-order valence-electron chi connectivity index (χ3n) is 4.62. The lowest BCUT2D eigenvalue weighted by Gasteiger charge is -2.14. The van der Waals surface area contributed by atoms with E-state index >= 15 is 0 Å². The molecular formula is C23H17Br2N3O2S. The van der Waals surface area contributed by atoms with Crippen molar-refractivity contribution in [3.63, 3.8) is 0 Å². The molecule has 0 radical (unpaired) electrons. The molecule has 0 aliphatic rings. The van der Waals surface area contributed by atoms with Crippen LogP contribution in [-0.2, 0) is 4.79 Å². The third-order valence-corrected chi connectivity index (χ3v) is 6.59. The van der Waals surface area contributed by atoms with Crippen LogP contribution in [0.25, 0.3) is 16.6 Å². The van der Waals surface area contributed by atoms with Gasteiger partial charge in [-0.1, -0.05) is 55.8 Å². The lowest BCUT2D eigenvalue weighted by atomic mass is 10.2. The number of benzene rings is 3. The summed E-state index contributed by atoms with van der Waals surface area (Å²) < 4.78 is 3.42. The number of hydrogen-bond donors (Lipinski definition) is 1. The van der Waals surface area contributed by atoms with Crippen molar-refractivity contribution in [2.45, 2.75) is 12.1 Å². The normalized spacial score (nSPS) is 10.9. The quantitative estimate of drug-likeness (QED) is 0.243. The summed E-state index contributed by atoms with van der Waals surface area (Å²) in [5, 5.41) is 3.92. The van der Waals surface area contributed by atoms with Gasteiger partial charge in [0, 0.05) is 14.6 Å². The van der Waals surface area contributed by atoms with Crippen LogP contribution in [0.2, 0.25) is 0 Å². The summed E-state index contributed by atoms with van der Waals surface area (Å²) in [6, 6.07) is 20.3. The largest absolute Gasteiger partial charge is 0.325 e. The van der Waals surface area contributed by atoms with E-state index in [-0.39, 0.29) is 17.2 Å². The van der Waals surface area contributed by atoms with Crippen molar-refractivity contribution in [2.75, 3.05) is 11.1 Å². The molecule has 1 amide bonds. The van der Waals surface area contributed by atoms with Crippen LogP contribution in [0.15, 0.2) is 85.6 Å². The summed E-state index contributed by atoms with van der Waals surface area (Å²) in [4.78, 5) is 30.5. The molecule has 8 heteroatoms. The second-order valence-electron chi connectivity index (χ2n) is 6.82. The molecule has 4 rings (SSSR count). The molecule has 0 saturated carbocycles. The zero-order valence-corrected chi connectivity index (χ0v) is 20.4. The van der Waals surface area contributed by atoms with Crippen molar-refractivity contribution in [3.8, 4) is 5.69 Å². The number of amides is 1. The molecule has 0 aliphatic carbocycles. The Morgan fingerprint density at radius 1 is 1.03 bits per heavy atom. The van der Waals surface area contributed by atoms with Crippen LogP contribution in [-0.4, -0.2) is 21.2 Å². The number of fused-ring (bicyclic) bond motifs is 1. The lowest BCUT2D eigenvalue weighted by molar-refractivity contribution is -0.113. The van der Waals surface area contributed by atoms with Crippen LogP contribution in [0.5, 0.6) is 0 Å². The first-order chi connectivity index (χ1) is 14.9. The monoisotopic (exact) mass is 557 g/mol. The summed E-state index contributed by atoms with van der Waals surface area (Å²) in [6.07, 6.45) is 0. The highest BCUT2D eigenvalue weighted by atomic mass is 79.9. The van der Waals surface area contributed by atoms with Gasteiger partial charge in [0.05, 0.1) is 22.3 Å². The number of halogens is 2. The fourth-order valence-corrected chi connectivity index (χ4v) is 4.66. The van der Waals surface area contributed by atoms with E-state index in [1.807, 2.05) is 61.5 Å². The summed E-state index contributed by atoms with van der Waals surface area (Å²) in [6.45, 7) is 1.93. The average Bonchev–Trinajstić information content (AvgIpc) is 2.75. The number of para-hydroxylation sites is 1. The minimum atomic E-state index is -0.167. The average molecular weight is 559 g/mol. The molecule has 4 aromatic rings. The SMILES string of the molecule is Cc1cc(Br)ccc1NC(=O)CSc1nc2ccccc2c(=O)n1-c1ccc(Br)cc1. The number of nitrogens with zero attached hydrogens (tertiary/aromatic N) is 2. The van der Waals surface area contributed by atoms with Crippen LogP contribution in [0.1, 0.15) is 5.56 Å². The van der Waals surface area contributed by atoms with E-state index in [4.69, 9.17) is 0 Å². The smallest absolute Gasteiger partial charge is 0.266 e. The number of carbonyl (C=O) groups is 1. The lowest BCUT2D eigenvalue weighted by Crippen LogP contribution is -2.23. The van der Waals surface area contributed by atoms with Crippen molar-refractivity contribution >= 4 is 66.1 Å². The van der Waals surface area contributed by atoms with Crippen LogP contribution >= 0.6 is 43.6 Å². The molecule has 0 atom stereocenters. The van der Waals surface area contributed by atoms with E-state index in [9.17, 15) is 9.59 Å². The van der Waals surface area contributed by atoms with Crippen molar-refractivity contribution in [3.05, 3.63) is 91.6 Å². The fraction of sp³-hybridized carbons (Fsp3) is 0.0870. The second kappa shape index (κ2) is 9.38. The van der Waals surface area contributed by atoms with Gasteiger partial charge in [0.1, 0.15) is 0 Å². The number of anilines is 1. The summed E-state index contributed by atoms with van der Waals surface area (Å²) in [7, 11) is 0. The van der Waals surface area contributed by atoms with Gasteiger partial charge in [-0.05, 0) is 67.1 Å². The molecular weight excluding hydrogens is 542 g/mol. The molecule has 3 aromatic carbocycles. The molecule has 1 aromatic heterocycles. The first kappa shape index (κ1) is 21.8. The minimum Gasteiger partial charge on any atom is -0.325 e. The Hall–Kier alpha value is -2.42. The molecule has 1 N–H and O–H groups in total. The maximum Gasteiger partial charge on any atom is 0.266 e. The molecule has 5 nitrogen and oxygen atoms in total. The Balaban J connectivity index is 1.66. The number of aromatic nitrogens is 2. The van der Waals surface area contributed by atoms with Gasteiger partial charge in [0.15, 0.2) is 5.16 Å². The van der Waals surface area contributed by atoms with Crippen LogP contribution in [0.4, 0.5) is 5.69 Å². The van der Waals surface area contributed by atoms with Gasteiger partial charge in [0.2, 0.25) is 5.91 Å². The number of aryl methyl sites for hydroxylation is 1. The number of carbonyl (C=O) groups excluding carboxylic acids is 1. The molecule has 156 valence electrons. The zero-order chi connectivity index (χ0) is 22.0. The molecule has 0 unspecified atom stereocenters. The molecule has 0 aliphatic heterocycles. The van der Waals surface area contributed by atoms with E-state index in [0.717, 1.165) is 20.2 Å². The van der Waals surface area contributed by atoms with Crippen LogP contribution in [0.3, 0.4) is 0 Å². The highest BCUT2D eigenvalue weighted by Gasteiger charge is 2.15. The molecule has 0 spiro atoms. The van der Waals surface area contributed by atoms with Gasteiger partial charge in [-0.3, -0.25) is 14.2 Å². The van der Waals surface area contributed by atoms with E-state index in [1.165, 1.54) is 11.8 Å². The predicted molar refractivity (Wildman–Crippen MR) is 133 cm³/mol. The Bertz CT molecular complexity index is 1340. The summed E-state index contributed by atoms with van der Waals surface area (Å²) in [5.74, 6) is -0.0447. The van der Waals surface area contributed by atoms with Gasteiger partial charge >= 0.3 is 0 Å². The molecule has 0 bridgehead atoms. The van der Waals surface area contributed by atoms with Gasteiger partial charge in [-0.15, -0.1) is 0 Å². The predicted octanol–water partition coefficient (Wildman–Crippen LogP) is 5.95. The van der Waals surface area contributed by atoms with Gasteiger partial charge in [0.25, 0.3) is 5.56 Å². The first-order valence-corrected chi connectivity index (χ1v) is 12.0. The zero-order valence-electron chi connectivity index (χ0n) is 16.4. The van der Waals surface area contributed by atoms with Crippen molar-refractivity contribution in [1.82, 2.24) is 9.55 Å². The van der Waals surface area contributed by atoms with Crippen molar-refractivity contribution < 1.29 is 4.79 Å². The summed E-state index contributed by atoms with van der Waals surface area (Å²) >= 11 is 8.08.